The predicted molar refractivity (Wildman–Crippen MR) is 155 cm³/mol. The van der Waals surface area contributed by atoms with Crippen LogP contribution in [0.4, 0.5) is 10.6 Å². The molecule has 1 aromatic rings. The fourth-order valence-electron chi connectivity index (χ4n) is 4.64. The zero-order valence-corrected chi connectivity index (χ0v) is 25.3. The van der Waals surface area contributed by atoms with Gasteiger partial charge >= 0.3 is 6.09 Å². The molecule has 2 aliphatic rings. The van der Waals surface area contributed by atoms with Crippen molar-refractivity contribution in [3.05, 3.63) is 22.9 Å². The van der Waals surface area contributed by atoms with Gasteiger partial charge in [0.2, 0.25) is 0 Å². The summed E-state index contributed by atoms with van der Waals surface area (Å²) in [7, 11) is -0.271. The number of anilines is 1. The molecule has 0 N–H and O–H groups in total. The molecule has 0 radical (unpaired) electrons. The molecular weight excluding hydrogens is 502 g/mol. The molecule has 10 heteroatoms. The van der Waals surface area contributed by atoms with Crippen molar-refractivity contribution in [1.82, 2.24) is 14.8 Å². The van der Waals surface area contributed by atoms with E-state index >= 15 is 0 Å². The number of rotatable bonds is 6. The number of amides is 2. The third kappa shape index (κ3) is 7.77. The Morgan fingerprint density at radius 2 is 1.79 bits per heavy atom. The maximum Gasteiger partial charge on any atom is 0.410 e. The van der Waals surface area contributed by atoms with Crippen LogP contribution in [0.5, 0.6) is 0 Å². The van der Waals surface area contributed by atoms with E-state index < -0.39 is 27.4 Å². The Bertz CT molecular complexity index is 1070. The number of hydrogen-bond acceptors (Lipinski definition) is 6. The summed E-state index contributed by atoms with van der Waals surface area (Å²) in [5, 5.41) is 0. The van der Waals surface area contributed by atoms with Crippen molar-refractivity contribution in [3.8, 4) is 0 Å². The third-order valence-corrected chi connectivity index (χ3v) is 8.28. The molecule has 3 heterocycles. The Kier molecular flexibility index (Phi) is 9.60. The molecule has 0 saturated carbocycles. The highest BCUT2D eigenvalue weighted by molar-refractivity contribution is 7.85. The maximum atomic E-state index is 13.9. The van der Waals surface area contributed by atoms with Gasteiger partial charge in [0, 0.05) is 38.3 Å². The van der Waals surface area contributed by atoms with Crippen LogP contribution in [0.15, 0.2) is 10.5 Å². The third-order valence-electron chi connectivity index (χ3n) is 6.80. The molecule has 3 rings (SSSR count). The summed E-state index contributed by atoms with van der Waals surface area (Å²) < 4.78 is 22.3. The first-order valence-corrected chi connectivity index (χ1v) is 14.9. The summed E-state index contributed by atoms with van der Waals surface area (Å²) in [5.41, 5.74) is 0.899. The predicted octanol–water partition coefficient (Wildman–Crippen LogP) is 4.89. The van der Waals surface area contributed by atoms with E-state index in [1.54, 1.807) is 7.05 Å². The first-order valence-electron chi connectivity index (χ1n) is 13.7. The van der Waals surface area contributed by atoms with Crippen molar-refractivity contribution in [2.24, 2.45) is 4.40 Å². The molecule has 2 saturated heterocycles. The molecule has 0 bridgehead atoms. The number of carbonyl (C=O) groups is 2. The van der Waals surface area contributed by atoms with Gasteiger partial charge in [-0.05, 0) is 86.6 Å². The molecule has 2 aliphatic heterocycles. The lowest BCUT2D eigenvalue weighted by molar-refractivity contribution is 0.0283. The van der Waals surface area contributed by atoms with E-state index in [4.69, 9.17) is 9.72 Å². The van der Waals surface area contributed by atoms with Crippen molar-refractivity contribution in [2.45, 2.75) is 104 Å². The van der Waals surface area contributed by atoms with E-state index in [2.05, 4.69) is 16.2 Å². The molecule has 9 nitrogen and oxygen atoms in total. The van der Waals surface area contributed by atoms with Crippen LogP contribution in [0.3, 0.4) is 0 Å². The largest absolute Gasteiger partial charge is 0.444 e. The van der Waals surface area contributed by atoms with E-state index in [0.717, 1.165) is 44.5 Å². The standard InChI is InChI=1S/C28H45N5O4S/c1-20-13-12-16-33(20)24-17-21(25(34)32-14-10-9-11-15-32)22(18-29-38(36)28(5,6)7)23(30-24)19-31(8)26(35)37-27(2,3)4/h17-18,20H,9-16,19H2,1-8H3/p+1/b29-18+/t20-,38?/m1/s1. The van der Waals surface area contributed by atoms with Gasteiger partial charge in [-0.25, -0.2) is 9.78 Å². The Labute approximate surface area is 230 Å². The summed E-state index contributed by atoms with van der Waals surface area (Å²) in [6.45, 7) is 15.6. The first kappa shape index (κ1) is 30.1. The zero-order valence-electron chi connectivity index (χ0n) is 24.4. The number of carbonyl (C=O) groups excluding carboxylic acids is 2. The van der Waals surface area contributed by atoms with Crippen LogP contribution in [-0.2, 0) is 26.5 Å². The lowest BCUT2D eigenvalue weighted by atomic mass is 10.0. The quantitative estimate of drug-likeness (QED) is 0.285. The lowest BCUT2D eigenvalue weighted by Gasteiger charge is -2.30. The first-order chi connectivity index (χ1) is 17.7. The molecule has 0 aliphatic carbocycles. The second-order valence-electron chi connectivity index (χ2n) is 12.5. The van der Waals surface area contributed by atoms with Crippen LogP contribution in [0, 0.1) is 0 Å². The number of thiol groups is 1. The van der Waals surface area contributed by atoms with Gasteiger partial charge in [0.25, 0.3) is 5.91 Å². The van der Waals surface area contributed by atoms with Crippen molar-refractivity contribution in [2.75, 3.05) is 31.6 Å². The normalized spacial score (nSPS) is 19.6. The van der Waals surface area contributed by atoms with Crippen LogP contribution >= 0.6 is 0 Å². The Morgan fingerprint density at radius 1 is 1.13 bits per heavy atom. The van der Waals surface area contributed by atoms with E-state index in [1.165, 1.54) is 11.1 Å². The van der Waals surface area contributed by atoms with E-state index in [9.17, 15) is 13.8 Å². The topological polar surface area (TPSA) is 95.4 Å². The van der Waals surface area contributed by atoms with Crippen LogP contribution in [-0.4, -0.2) is 76.1 Å². The molecule has 2 fully saturated rings. The van der Waals surface area contributed by atoms with Gasteiger partial charge in [0.1, 0.15) is 16.2 Å². The average molecular weight is 549 g/mol. The van der Waals surface area contributed by atoms with Gasteiger partial charge in [-0.3, -0.25) is 4.79 Å². The molecule has 1 aromatic heterocycles. The molecule has 0 aromatic carbocycles. The SMILES string of the molecule is C[C@@H]1CCCN1c1cc(C(=O)N2CCCCC2)c(/C=N/[SH+](=O)C(C)(C)C)c(CN(C)C(=O)OC(C)(C)C)n1. The average Bonchev–Trinajstić information content (AvgIpc) is 3.26. The smallest absolute Gasteiger partial charge is 0.410 e. The fraction of sp³-hybridized carbons (Fsp3) is 0.714. The molecular formula is C28H46N5O4S+. The van der Waals surface area contributed by atoms with Crippen molar-refractivity contribution in [1.29, 1.82) is 0 Å². The van der Waals surface area contributed by atoms with Gasteiger partial charge in [-0.15, -0.1) is 0 Å². The van der Waals surface area contributed by atoms with Crippen LogP contribution in [0.2, 0.25) is 0 Å². The summed E-state index contributed by atoms with van der Waals surface area (Å²) in [6.07, 6.45) is 6.22. The zero-order chi connectivity index (χ0) is 28.3. The maximum absolute atomic E-state index is 13.9. The van der Waals surface area contributed by atoms with Crippen molar-refractivity contribution in [3.63, 3.8) is 0 Å². The number of ether oxygens (including phenoxy) is 1. The van der Waals surface area contributed by atoms with Gasteiger partial charge in [-0.1, -0.05) is 8.61 Å². The van der Waals surface area contributed by atoms with Gasteiger partial charge in [0.05, 0.1) is 24.0 Å². The minimum absolute atomic E-state index is 0.0752. The minimum atomic E-state index is -1.93. The number of nitrogens with zero attached hydrogens (tertiary/aromatic N) is 5. The number of piperidine rings is 1. The van der Waals surface area contributed by atoms with Gasteiger partial charge < -0.3 is 19.4 Å². The van der Waals surface area contributed by atoms with Crippen molar-refractivity contribution < 1.29 is 18.5 Å². The number of likely N-dealkylation sites (tertiary alicyclic amines) is 1. The number of aromatic nitrogens is 1. The second-order valence-corrected chi connectivity index (χ2v) is 14.6. The Morgan fingerprint density at radius 3 is 2.34 bits per heavy atom. The molecule has 2 atom stereocenters. The Hall–Kier alpha value is -2.49. The van der Waals surface area contributed by atoms with Crippen LogP contribution in [0.25, 0.3) is 0 Å². The number of pyridine rings is 1. The van der Waals surface area contributed by atoms with Crippen LogP contribution < -0.4 is 4.90 Å². The van der Waals surface area contributed by atoms with Crippen molar-refractivity contribution >= 4 is 35.0 Å². The summed E-state index contributed by atoms with van der Waals surface area (Å²) in [6, 6.07) is 2.16. The van der Waals surface area contributed by atoms with Crippen LogP contribution in [0.1, 0.15) is 102 Å². The Balaban J connectivity index is 2.13. The molecule has 0 spiro atoms. The fourth-order valence-corrected chi connectivity index (χ4v) is 5.20. The highest BCUT2D eigenvalue weighted by Gasteiger charge is 2.30. The molecule has 2 amide bonds. The van der Waals surface area contributed by atoms with Gasteiger partial charge in [0.15, 0.2) is 11.0 Å². The van der Waals surface area contributed by atoms with E-state index in [-0.39, 0.29) is 12.5 Å². The summed E-state index contributed by atoms with van der Waals surface area (Å²) in [4.78, 5) is 37.3. The van der Waals surface area contributed by atoms with Gasteiger partial charge in [-0.2, -0.15) is 0 Å². The molecule has 212 valence electrons. The minimum Gasteiger partial charge on any atom is -0.444 e. The monoisotopic (exact) mass is 548 g/mol. The number of hydrogen-bond donors (Lipinski definition) is 0. The van der Waals surface area contributed by atoms with E-state index in [1.807, 2.05) is 52.5 Å². The van der Waals surface area contributed by atoms with E-state index in [0.29, 0.717) is 36.0 Å². The highest BCUT2D eigenvalue weighted by atomic mass is 32.2. The molecule has 1 unspecified atom stereocenters. The lowest BCUT2D eigenvalue weighted by Crippen LogP contribution is -2.37. The highest BCUT2D eigenvalue weighted by Crippen LogP contribution is 2.29. The summed E-state index contributed by atoms with van der Waals surface area (Å²) in [5.74, 6) is 0.647. The molecule has 38 heavy (non-hydrogen) atoms. The second kappa shape index (κ2) is 12.1. The summed E-state index contributed by atoms with van der Waals surface area (Å²) >= 11 is 0.